The molecule has 0 aliphatic carbocycles. The molecule has 0 saturated heterocycles. The normalized spacial score (nSPS) is 11.4. The molecular weight excluding hydrogens is 368 g/mol. The molecule has 8 heteroatoms. The number of rotatable bonds is 4. The first kappa shape index (κ1) is 15.9. The zero-order chi connectivity index (χ0) is 15.6. The van der Waals surface area contributed by atoms with Crippen LogP contribution in [0.1, 0.15) is 5.56 Å². The van der Waals surface area contributed by atoms with E-state index in [0.29, 0.717) is 15.8 Å². The average Bonchev–Trinajstić information content (AvgIpc) is 2.40. The van der Waals surface area contributed by atoms with Crippen LogP contribution in [-0.2, 0) is 16.6 Å². The molecule has 0 radical (unpaired) electrons. The molecule has 2 rings (SSSR count). The second-order valence-corrected chi connectivity index (χ2v) is 6.59. The van der Waals surface area contributed by atoms with Crippen LogP contribution < -0.4 is 9.88 Å². The van der Waals surface area contributed by atoms with Crippen molar-refractivity contribution in [1.29, 1.82) is 0 Å². The molecule has 0 spiro atoms. The molecular formula is C13H10BrF2NO3S. The summed E-state index contributed by atoms with van der Waals surface area (Å²) in [5.41, 5.74) is 0.441. The highest BCUT2D eigenvalue weighted by Crippen LogP contribution is 2.28. The predicted octanol–water partition coefficient (Wildman–Crippen LogP) is 2.95. The summed E-state index contributed by atoms with van der Waals surface area (Å²) >= 11 is 3.16. The summed E-state index contributed by atoms with van der Waals surface area (Å²) in [6.07, 6.45) is 0. The summed E-state index contributed by atoms with van der Waals surface area (Å²) in [6, 6.07) is 7.44. The van der Waals surface area contributed by atoms with Gasteiger partial charge in [0.25, 0.3) is 0 Å². The lowest BCUT2D eigenvalue weighted by molar-refractivity contribution is 0.303. The van der Waals surface area contributed by atoms with Crippen LogP contribution in [0.4, 0.5) is 8.78 Å². The minimum absolute atomic E-state index is 0.00449. The topological polar surface area (TPSA) is 69.4 Å². The van der Waals surface area contributed by atoms with Gasteiger partial charge in [0.1, 0.15) is 12.4 Å². The van der Waals surface area contributed by atoms with Gasteiger partial charge >= 0.3 is 0 Å². The molecule has 0 amide bonds. The lowest BCUT2D eigenvalue weighted by atomic mass is 10.2. The van der Waals surface area contributed by atoms with E-state index < -0.39 is 21.7 Å². The van der Waals surface area contributed by atoms with Gasteiger partial charge in [-0.3, -0.25) is 0 Å². The first-order valence-electron chi connectivity index (χ1n) is 5.66. The Bertz CT molecular complexity index is 781. The van der Waals surface area contributed by atoms with Gasteiger partial charge in [0, 0.05) is 0 Å². The molecule has 0 atom stereocenters. The first-order valence-corrected chi connectivity index (χ1v) is 8.00. The molecule has 2 aromatic carbocycles. The van der Waals surface area contributed by atoms with Gasteiger partial charge in [-0.05, 0) is 51.8 Å². The summed E-state index contributed by atoms with van der Waals surface area (Å²) in [6.45, 7) is 0.00449. The van der Waals surface area contributed by atoms with E-state index in [1.807, 2.05) is 0 Å². The third kappa shape index (κ3) is 3.99. The fraction of sp³-hybridized carbons (Fsp3) is 0.0769. The summed E-state index contributed by atoms with van der Waals surface area (Å²) < 4.78 is 54.0. The molecule has 21 heavy (non-hydrogen) atoms. The van der Waals surface area contributed by atoms with E-state index in [1.54, 1.807) is 0 Å². The number of benzene rings is 2. The van der Waals surface area contributed by atoms with E-state index in [4.69, 9.17) is 9.88 Å². The Hall–Kier alpha value is -1.51. The molecule has 2 aromatic rings. The summed E-state index contributed by atoms with van der Waals surface area (Å²) in [4.78, 5) is -0.0606. The maximum atomic E-state index is 13.0. The van der Waals surface area contributed by atoms with Crippen LogP contribution in [0.15, 0.2) is 45.8 Å². The summed E-state index contributed by atoms with van der Waals surface area (Å²) in [7, 11) is -3.80. The lowest BCUT2D eigenvalue weighted by Gasteiger charge is -2.09. The number of hydrogen-bond donors (Lipinski definition) is 1. The maximum Gasteiger partial charge on any atom is 0.238 e. The minimum atomic E-state index is -3.80. The average molecular weight is 378 g/mol. The van der Waals surface area contributed by atoms with Crippen LogP contribution in [0.25, 0.3) is 0 Å². The molecule has 0 aliphatic heterocycles. The van der Waals surface area contributed by atoms with Crippen LogP contribution in [0.5, 0.6) is 5.75 Å². The molecule has 4 nitrogen and oxygen atoms in total. The van der Waals surface area contributed by atoms with Crippen molar-refractivity contribution in [3.63, 3.8) is 0 Å². The second kappa shape index (κ2) is 6.08. The summed E-state index contributed by atoms with van der Waals surface area (Å²) in [5.74, 6) is -1.54. The first-order chi connectivity index (χ1) is 9.77. The van der Waals surface area contributed by atoms with Crippen molar-refractivity contribution in [2.45, 2.75) is 11.5 Å². The van der Waals surface area contributed by atoms with Crippen LogP contribution in [0.3, 0.4) is 0 Å². The Balaban J connectivity index is 2.15. The standard InChI is InChI=1S/C13H10BrF2NO3S/c14-10-6-9(21(17,18)19)2-4-13(10)20-7-8-1-3-11(15)12(16)5-8/h1-6H,7H2,(H2,17,18,19). The van der Waals surface area contributed by atoms with Crippen molar-refractivity contribution in [3.8, 4) is 5.75 Å². The molecule has 112 valence electrons. The van der Waals surface area contributed by atoms with Crippen molar-refractivity contribution >= 4 is 26.0 Å². The van der Waals surface area contributed by atoms with E-state index in [1.165, 1.54) is 24.3 Å². The Labute approximate surface area is 128 Å². The Morgan fingerprint density at radius 2 is 1.81 bits per heavy atom. The molecule has 0 aromatic heterocycles. The van der Waals surface area contributed by atoms with Gasteiger partial charge in [-0.2, -0.15) is 0 Å². The molecule has 0 bridgehead atoms. The highest BCUT2D eigenvalue weighted by atomic mass is 79.9. The van der Waals surface area contributed by atoms with Gasteiger partial charge < -0.3 is 4.74 Å². The third-order valence-corrected chi connectivity index (χ3v) is 4.14. The molecule has 0 fully saturated rings. The van der Waals surface area contributed by atoms with Gasteiger partial charge in [0.2, 0.25) is 10.0 Å². The van der Waals surface area contributed by atoms with Crippen LogP contribution >= 0.6 is 15.9 Å². The van der Waals surface area contributed by atoms with Crippen molar-refractivity contribution in [3.05, 3.63) is 58.1 Å². The summed E-state index contributed by atoms with van der Waals surface area (Å²) in [5, 5.41) is 5.00. The fourth-order valence-corrected chi connectivity index (χ4v) is 2.75. The maximum absolute atomic E-state index is 13.0. The van der Waals surface area contributed by atoms with E-state index in [-0.39, 0.29) is 11.5 Å². The molecule has 0 saturated carbocycles. The molecule has 0 unspecified atom stereocenters. The highest BCUT2D eigenvalue weighted by Gasteiger charge is 2.11. The fourth-order valence-electron chi connectivity index (χ4n) is 1.57. The van der Waals surface area contributed by atoms with Gasteiger partial charge in [-0.1, -0.05) is 6.07 Å². The van der Waals surface area contributed by atoms with E-state index >= 15 is 0 Å². The number of nitrogens with two attached hydrogens (primary N) is 1. The predicted molar refractivity (Wildman–Crippen MR) is 76.2 cm³/mol. The van der Waals surface area contributed by atoms with E-state index in [0.717, 1.165) is 12.1 Å². The van der Waals surface area contributed by atoms with E-state index in [9.17, 15) is 17.2 Å². The smallest absolute Gasteiger partial charge is 0.238 e. The van der Waals surface area contributed by atoms with Gasteiger partial charge in [-0.15, -0.1) is 0 Å². The zero-order valence-corrected chi connectivity index (χ0v) is 12.9. The van der Waals surface area contributed by atoms with Crippen molar-refractivity contribution in [2.75, 3.05) is 0 Å². The number of ether oxygens (including phenoxy) is 1. The van der Waals surface area contributed by atoms with Gasteiger partial charge in [0.15, 0.2) is 11.6 Å². The second-order valence-electron chi connectivity index (χ2n) is 4.17. The molecule has 2 N–H and O–H groups in total. The Kier molecular flexibility index (Phi) is 4.60. The number of hydrogen-bond acceptors (Lipinski definition) is 3. The minimum Gasteiger partial charge on any atom is -0.488 e. The van der Waals surface area contributed by atoms with Crippen molar-refractivity contribution in [2.24, 2.45) is 5.14 Å². The molecule has 0 heterocycles. The SMILES string of the molecule is NS(=O)(=O)c1ccc(OCc2ccc(F)c(F)c2)c(Br)c1. The number of sulfonamides is 1. The zero-order valence-electron chi connectivity index (χ0n) is 10.5. The Morgan fingerprint density at radius 3 is 2.38 bits per heavy atom. The van der Waals surface area contributed by atoms with Gasteiger partial charge in [0.05, 0.1) is 9.37 Å². The van der Waals surface area contributed by atoms with Gasteiger partial charge in [-0.25, -0.2) is 22.3 Å². The Morgan fingerprint density at radius 1 is 1.10 bits per heavy atom. The van der Waals surface area contributed by atoms with Crippen molar-refractivity contribution < 1.29 is 21.9 Å². The van der Waals surface area contributed by atoms with Crippen LogP contribution in [0, 0.1) is 11.6 Å². The van der Waals surface area contributed by atoms with Crippen LogP contribution in [0.2, 0.25) is 0 Å². The largest absolute Gasteiger partial charge is 0.488 e. The number of halogens is 3. The highest BCUT2D eigenvalue weighted by molar-refractivity contribution is 9.10. The lowest BCUT2D eigenvalue weighted by Crippen LogP contribution is -2.12. The quantitative estimate of drug-likeness (QED) is 0.890. The van der Waals surface area contributed by atoms with E-state index in [2.05, 4.69) is 15.9 Å². The van der Waals surface area contributed by atoms with Crippen molar-refractivity contribution in [1.82, 2.24) is 0 Å². The monoisotopic (exact) mass is 377 g/mol. The van der Waals surface area contributed by atoms with Crippen LogP contribution in [-0.4, -0.2) is 8.42 Å². The number of primary sulfonamides is 1. The third-order valence-electron chi connectivity index (χ3n) is 2.61. The molecule has 0 aliphatic rings.